The average molecular weight is 354 g/mol. The molecule has 0 spiro atoms. The van der Waals surface area contributed by atoms with Crippen LogP contribution in [0, 0.1) is 0 Å². The Morgan fingerprint density at radius 3 is 2.58 bits per heavy atom. The summed E-state index contributed by atoms with van der Waals surface area (Å²) in [4.78, 5) is 25.7. The minimum Gasteiger partial charge on any atom is -0.478 e. The van der Waals surface area contributed by atoms with Crippen molar-refractivity contribution >= 4 is 17.5 Å². The van der Waals surface area contributed by atoms with Gasteiger partial charge < -0.3 is 20.3 Å². The van der Waals surface area contributed by atoms with Crippen LogP contribution in [0.1, 0.15) is 17.5 Å². The molecule has 1 atom stereocenters. The van der Waals surface area contributed by atoms with Crippen molar-refractivity contribution in [2.24, 2.45) is 0 Å². The van der Waals surface area contributed by atoms with E-state index >= 15 is 0 Å². The lowest BCUT2D eigenvalue weighted by Crippen LogP contribution is -3.04. The predicted molar refractivity (Wildman–Crippen MR) is 98.9 cm³/mol. The summed E-state index contributed by atoms with van der Waals surface area (Å²) in [5, 5.41) is 5.67. The topological polar surface area (TPSA) is 71.9 Å². The fourth-order valence-corrected chi connectivity index (χ4v) is 2.94. The van der Waals surface area contributed by atoms with Gasteiger partial charge in [0, 0.05) is 12.1 Å². The van der Waals surface area contributed by atoms with Crippen LogP contribution in [0.3, 0.4) is 0 Å². The minimum absolute atomic E-state index is 0.0126. The number of nitrogens with one attached hydrogen (secondary N) is 3. The van der Waals surface area contributed by atoms with E-state index in [9.17, 15) is 9.59 Å². The maximum atomic E-state index is 12.3. The second-order valence-corrected chi connectivity index (χ2v) is 6.73. The van der Waals surface area contributed by atoms with Gasteiger partial charge in [-0.1, -0.05) is 36.4 Å². The molecule has 3 rings (SSSR count). The van der Waals surface area contributed by atoms with E-state index in [0.717, 1.165) is 12.1 Å². The van der Waals surface area contributed by atoms with Crippen LogP contribution < -0.4 is 20.3 Å². The van der Waals surface area contributed by atoms with E-state index in [2.05, 4.69) is 30.8 Å². The van der Waals surface area contributed by atoms with Crippen molar-refractivity contribution in [2.75, 3.05) is 19.4 Å². The molecule has 0 unspecified atom stereocenters. The first-order chi connectivity index (χ1) is 12.5. The number of hydrogen-bond acceptors (Lipinski definition) is 3. The standard InChI is InChI=1S/C20H23N3O3/c1-23(2)13-15-8-4-3-7-14(15)12-21-19(24)11-18-20(25)22-16-9-5-6-10-17(16)26-18/h3-10,18H,11-13H2,1-2H3,(H,21,24)(H,22,25)/p+1/t18-/m0/s1. The molecule has 0 aliphatic carbocycles. The highest BCUT2D eigenvalue weighted by molar-refractivity contribution is 5.99. The Morgan fingerprint density at radius 2 is 1.81 bits per heavy atom. The third-order valence-electron chi connectivity index (χ3n) is 4.22. The van der Waals surface area contributed by atoms with Gasteiger partial charge in [0.05, 0.1) is 26.2 Å². The number of ether oxygens (including phenoxy) is 1. The average Bonchev–Trinajstić information content (AvgIpc) is 2.61. The van der Waals surface area contributed by atoms with Crippen LogP contribution in [-0.2, 0) is 22.7 Å². The smallest absolute Gasteiger partial charge is 0.266 e. The zero-order valence-electron chi connectivity index (χ0n) is 15.0. The zero-order valence-corrected chi connectivity index (χ0v) is 15.0. The Hall–Kier alpha value is -2.86. The fourth-order valence-electron chi connectivity index (χ4n) is 2.94. The summed E-state index contributed by atoms with van der Waals surface area (Å²) >= 11 is 0. The van der Waals surface area contributed by atoms with E-state index in [-0.39, 0.29) is 18.2 Å². The summed E-state index contributed by atoms with van der Waals surface area (Å²) in [6.45, 7) is 1.32. The SMILES string of the molecule is C[NH+](C)Cc1ccccc1CNC(=O)C[C@@H]1Oc2ccccc2NC1=O. The fraction of sp³-hybridized carbons (Fsp3) is 0.300. The molecule has 2 aromatic carbocycles. The molecule has 3 N–H and O–H groups in total. The highest BCUT2D eigenvalue weighted by atomic mass is 16.5. The van der Waals surface area contributed by atoms with Gasteiger partial charge in [-0.2, -0.15) is 0 Å². The first-order valence-electron chi connectivity index (χ1n) is 8.72. The Bertz CT molecular complexity index is 804. The van der Waals surface area contributed by atoms with Gasteiger partial charge in [-0.05, 0) is 17.7 Å². The first kappa shape index (κ1) is 17.9. The second-order valence-electron chi connectivity index (χ2n) is 6.73. The molecule has 0 saturated carbocycles. The van der Waals surface area contributed by atoms with Gasteiger partial charge >= 0.3 is 0 Å². The minimum atomic E-state index is -0.814. The number of anilines is 1. The van der Waals surface area contributed by atoms with E-state index in [1.807, 2.05) is 30.3 Å². The van der Waals surface area contributed by atoms with Gasteiger partial charge in [0.15, 0.2) is 6.10 Å². The van der Waals surface area contributed by atoms with Crippen molar-refractivity contribution in [1.82, 2.24) is 5.32 Å². The van der Waals surface area contributed by atoms with Crippen LogP contribution in [0.5, 0.6) is 5.75 Å². The second kappa shape index (κ2) is 8.01. The lowest BCUT2D eigenvalue weighted by Gasteiger charge is -2.25. The number of carbonyl (C=O) groups excluding carboxylic acids is 2. The van der Waals surface area contributed by atoms with Gasteiger partial charge in [-0.3, -0.25) is 9.59 Å². The summed E-state index contributed by atoms with van der Waals surface area (Å²) in [5.41, 5.74) is 2.92. The van der Waals surface area contributed by atoms with E-state index < -0.39 is 6.10 Å². The first-order valence-corrected chi connectivity index (χ1v) is 8.72. The molecule has 0 radical (unpaired) electrons. The number of quaternary nitrogens is 1. The zero-order chi connectivity index (χ0) is 18.5. The van der Waals surface area contributed by atoms with Crippen LogP contribution in [0.4, 0.5) is 5.69 Å². The molecule has 0 bridgehead atoms. The molecule has 26 heavy (non-hydrogen) atoms. The third kappa shape index (κ3) is 4.40. The van der Waals surface area contributed by atoms with Crippen molar-refractivity contribution < 1.29 is 19.2 Å². The molecule has 2 amide bonds. The molecule has 1 heterocycles. The predicted octanol–water partition coefficient (Wildman–Crippen LogP) is 0.737. The van der Waals surface area contributed by atoms with Crippen LogP contribution in [0.2, 0.25) is 0 Å². The quantitative estimate of drug-likeness (QED) is 0.716. The van der Waals surface area contributed by atoms with Gasteiger partial charge in [-0.25, -0.2) is 0 Å². The Kier molecular flexibility index (Phi) is 5.53. The third-order valence-corrected chi connectivity index (χ3v) is 4.22. The van der Waals surface area contributed by atoms with Crippen LogP contribution in [0.15, 0.2) is 48.5 Å². The van der Waals surface area contributed by atoms with Gasteiger partial charge in [0.1, 0.15) is 12.3 Å². The number of fused-ring (bicyclic) bond motifs is 1. The maximum Gasteiger partial charge on any atom is 0.266 e. The molecule has 0 aromatic heterocycles. The summed E-state index contributed by atoms with van der Waals surface area (Å²) in [6, 6.07) is 15.2. The summed E-state index contributed by atoms with van der Waals surface area (Å²) in [6.07, 6.45) is -0.826. The lowest BCUT2D eigenvalue weighted by atomic mass is 10.1. The van der Waals surface area contributed by atoms with E-state index in [1.165, 1.54) is 10.5 Å². The molecule has 6 heteroatoms. The molecular weight excluding hydrogens is 330 g/mol. The molecular formula is C20H24N3O3+. The highest BCUT2D eigenvalue weighted by Crippen LogP contribution is 2.29. The Morgan fingerprint density at radius 1 is 1.12 bits per heavy atom. The maximum absolute atomic E-state index is 12.3. The van der Waals surface area contributed by atoms with Crippen molar-refractivity contribution in [3.8, 4) is 5.75 Å². The number of benzene rings is 2. The summed E-state index contributed by atoms with van der Waals surface area (Å²) in [5.74, 6) is 0.0798. The van der Waals surface area contributed by atoms with Crippen molar-refractivity contribution in [1.29, 1.82) is 0 Å². The van der Waals surface area contributed by atoms with Crippen molar-refractivity contribution in [3.63, 3.8) is 0 Å². The number of hydrogen-bond donors (Lipinski definition) is 3. The number of amides is 2. The molecule has 1 aliphatic heterocycles. The van der Waals surface area contributed by atoms with Gasteiger partial charge in [0.25, 0.3) is 5.91 Å². The van der Waals surface area contributed by atoms with Crippen molar-refractivity contribution in [2.45, 2.75) is 25.6 Å². The monoisotopic (exact) mass is 354 g/mol. The number of para-hydroxylation sites is 2. The molecule has 6 nitrogen and oxygen atoms in total. The molecule has 0 fully saturated rings. The summed E-state index contributed by atoms with van der Waals surface area (Å²) in [7, 11) is 4.18. The van der Waals surface area contributed by atoms with Crippen LogP contribution >= 0.6 is 0 Å². The lowest BCUT2D eigenvalue weighted by molar-refractivity contribution is -0.872. The van der Waals surface area contributed by atoms with Gasteiger partial charge in [0.2, 0.25) is 5.91 Å². The molecule has 1 aliphatic rings. The largest absolute Gasteiger partial charge is 0.478 e. The number of rotatable bonds is 6. The molecule has 136 valence electrons. The van der Waals surface area contributed by atoms with Crippen LogP contribution in [0.25, 0.3) is 0 Å². The van der Waals surface area contributed by atoms with E-state index in [4.69, 9.17) is 4.74 Å². The van der Waals surface area contributed by atoms with E-state index in [1.54, 1.807) is 12.1 Å². The summed E-state index contributed by atoms with van der Waals surface area (Å²) < 4.78 is 5.67. The molecule has 2 aromatic rings. The Balaban J connectivity index is 1.58. The normalized spacial score (nSPS) is 15.8. The van der Waals surface area contributed by atoms with Gasteiger partial charge in [-0.15, -0.1) is 0 Å². The number of carbonyl (C=O) groups is 2. The van der Waals surface area contributed by atoms with Crippen molar-refractivity contribution in [3.05, 3.63) is 59.7 Å². The Labute approximate surface area is 153 Å². The van der Waals surface area contributed by atoms with E-state index in [0.29, 0.717) is 18.0 Å². The molecule has 0 saturated heterocycles. The van der Waals surface area contributed by atoms with Crippen LogP contribution in [-0.4, -0.2) is 32.0 Å². The highest BCUT2D eigenvalue weighted by Gasteiger charge is 2.29.